The van der Waals surface area contributed by atoms with Crippen molar-refractivity contribution in [2.24, 2.45) is 17.8 Å². The molecule has 4 saturated carbocycles. The van der Waals surface area contributed by atoms with Crippen molar-refractivity contribution >= 4 is 21.9 Å². The number of rotatable bonds is 3. The van der Waals surface area contributed by atoms with E-state index in [1.807, 2.05) is 0 Å². The second-order valence-corrected chi connectivity index (χ2v) is 7.75. The second kappa shape index (κ2) is 4.22. The summed E-state index contributed by atoms with van der Waals surface area (Å²) >= 11 is 0. The molecule has 9 heteroatoms. The van der Waals surface area contributed by atoms with E-state index in [-0.39, 0.29) is 30.6 Å². The molecule has 0 radical (unpaired) electrons. The van der Waals surface area contributed by atoms with Crippen molar-refractivity contribution in [3.63, 3.8) is 0 Å². The summed E-state index contributed by atoms with van der Waals surface area (Å²) < 4.78 is 60.9. The summed E-state index contributed by atoms with van der Waals surface area (Å²) in [5.41, 5.74) is -1.64. The van der Waals surface area contributed by atoms with Gasteiger partial charge in [0.15, 0.2) is 11.4 Å². The first kappa shape index (κ1) is 14.8. The molecule has 0 heterocycles. The van der Waals surface area contributed by atoms with E-state index >= 15 is 0 Å². The highest BCUT2D eigenvalue weighted by molar-refractivity contribution is 7.87. The van der Waals surface area contributed by atoms with Crippen LogP contribution in [0.4, 0.5) is 8.78 Å². The summed E-state index contributed by atoms with van der Waals surface area (Å²) in [6, 6.07) is 0. The van der Waals surface area contributed by atoms with Gasteiger partial charge < -0.3 is 4.74 Å². The number of ether oxygens (including phenoxy) is 1. The van der Waals surface area contributed by atoms with Gasteiger partial charge >= 0.3 is 21.3 Å². The number of carbonyl (C=O) groups is 2. The Morgan fingerprint density at radius 2 is 1.76 bits per heavy atom. The first-order valence-corrected chi connectivity index (χ1v) is 8.12. The van der Waals surface area contributed by atoms with Gasteiger partial charge in [0.05, 0.1) is 0 Å². The zero-order valence-corrected chi connectivity index (χ0v) is 11.7. The molecule has 0 aromatic carbocycles. The van der Waals surface area contributed by atoms with Crippen LogP contribution in [0.25, 0.3) is 0 Å². The number of carbonyl (C=O) groups excluding carboxylic acids is 2. The third-order valence-electron chi connectivity index (χ3n) is 4.81. The summed E-state index contributed by atoms with van der Waals surface area (Å²) in [6.07, 6.45) is 2.53. The van der Waals surface area contributed by atoms with Crippen LogP contribution in [0.2, 0.25) is 0 Å². The van der Waals surface area contributed by atoms with Crippen molar-refractivity contribution in [2.45, 2.75) is 43.0 Å². The molecule has 0 aliphatic heterocycles. The van der Waals surface area contributed by atoms with Gasteiger partial charge in [-0.2, -0.15) is 17.2 Å². The molecule has 21 heavy (non-hydrogen) atoms. The molecule has 1 N–H and O–H groups in total. The molecule has 0 amide bonds. The van der Waals surface area contributed by atoms with Crippen molar-refractivity contribution in [1.82, 2.24) is 0 Å². The largest absolute Gasteiger partial charge is 0.465 e. The van der Waals surface area contributed by atoms with Gasteiger partial charge in [-0.3, -0.25) is 9.35 Å². The molecule has 4 bridgehead atoms. The Labute approximate surface area is 119 Å². The lowest BCUT2D eigenvalue weighted by Gasteiger charge is -2.54. The normalized spacial score (nSPS) is 38.6. The topological polar surface area (TPSA) is 97.7 Å². The summed E-state index contributed by atoms with van der Waals surface area (Å²) in [6.45, 7) is 0. The van der Waals surface area contributed by atoms with E-state index in [1.54, 1.807) is 0 Å². The summed E-state index contributed by atoms with van der Waals surface area (Å²) in [5, 5.41) is -5.06. The average Bonchev–Trinajstić information content (AvgIpc) is 2.33. The Hall–Kier alpha value is -1.09. The van der Waals surface area contributed by atoms with Crippen LogP contribution in [0.3, 0.4) is 0 Å². The molecule has 4 aliphatic carbocycles. The van der Waals surface area contributed by atoms with Crippen molar-refractivity contribution in [2.75, 3.05) is 0 Å². The van der Waals surface area contributed by atoms with E-state index < -0.39 is 32.7 Å². The minimum absolute atomic E-state index is 0.132. The van der Waals surface area contributed by atoms with Gasteiger partial charge in [0.1, 0.15) is 0 Å². The van der Waals surface area contributed by atoms with E-state index in [1.165, 1.54) is 0 Å². The minimum atomic E-state index is -5.92. The monoisotopic (exact) mass is 324 g/mol. The molecule has 4 aliphatic rings. The summed E-state index contributed by atoms with van der Waals surface area (Å²) in [5.74, 6) is -2.81. The quantitative estimate of drug-likeness (QED) is 0.618. The highest BCUT2D eigenvalue weighted by atomic mass is 32.2. The van der Waals surface area contributed by atoms with Crippen molar-refractivity contribution in [3.05, 3.63) is 0 Å². The van der Waals surface area contributed by atoms with Crippen LogP contribution in [0.5, 0.6) is 0 Å². The lowest BCUT2D eigenvalue weighted by Crippen LogP contribution is -2.61. The molecule has 4 rings (SSSR count). The number of hydrogen-bond donors (Lipinski definition) is 1. The molecule has 0 spiro atoms. The summed E-state index contributed by atoms with van der Waals surface area (Å²) in [7, 11) is -5.92. The molecule has 118 valence electrons. The number of ketones is 1. The van der Waals surface area contributed by atoms with Gasteiger partial charge in [0.25, 0.3) is 0 Å². The first-order chi connectivity index (χ1) is 9.55. The van der Waals surface area contributed by atoms with Gasteiger partial charge in [0, 0.05) is 5.92 Å². The highest BCUT2D eigenvalue weighted by Gasteiger charge is 2.63. The lowest BCUT2D eigenvalue weighted by atomic mass is 9.53. The Balaban J connectivity index is 1.87. The predicted octanol–water partition coefficient (Wildman–Crippen LogP) is 1.16. The van der Waals surface area contributed by atoms with Crippen LogP contribution in [0, 0.1) is 17.8 Å². The van der Waals surface area contributed by atoms with Gasteiger partial charge in [-0.1, -0.05) is 0 Å². The van der Waals surface area contributed by atoms with Crippen LogP contribution in [-0.4, -0.2) is 35.6 Å². The lowest BCUT2D eigenvalue weighted by molar-refractivity contribution is -0.201. The predicted molar refractivity (Wildman–Crippen MR) is 63.9 cm³/mol. The molecular weight excluding hydrogens is 310 g/mol. The standard InChI is InChI=1S/C12H14F2O6S/c13-12(14,21(17,18)19)10(16)20-11-4-6-1-7(5-11)3-8(2-6)9(11)15/h6-8H,1-5H2,(H,17,18,19). The zero-order chi connectivity index (χ0) is 15.6. The smallest absolute Gasteiger partial charge is 0.446 e. The number of alkyl halides is 2. The van der Waals surface area contributed by atoms with E-state index in [0.717, 1.165) is 6.42 Å². The van der Waals surface area contributed by atoms with Crippen LogP contribution >= 0.6 is 0 Å². The van der Waals surface area contributed by atoms with Crippen molar-refractivity contribution in [3.8, 4) is 0 Å². The van der Waals surface area contributed by atoms with Gasteiger partial charge in [-0.15, -0.1) is 0 Å². The van der Waals surface area contributed by atoms with Gasteiger partial charge in [-0.25, -0.2) is 4.79 Å². The van der Waals surface area contributed by atoms with Gasteiger partial charge in [-0.05, 0) is 43.9 Å². The second-order valence-electron chi connectivity index (χ2n) is 6.28. The van der Waals surface area contributed by atoms with Crippen LogP contribution in [0.1, 0.15) is 32.1 Å². The molecule has 6 nitrogen and oxygen atoms in total. The Morgan fingerprint density at radius 1 is 1.24 bits per heavy atom. The molecule has 2 atom stereocenters. The highest BCUT2D eigenvalue weighted by Crippen LogP contribution is 2.55. The third kappa shape index (κ3) is 2.09. The Bertz CT molecular complexity index is 599. The maximum atomic E-state index is 13.3. The van der Waals surface area contributed by atoms with Crippen LogP contribution in [-0.2, 0) is 24.4 Å². The van der Waals surface area contributed by atoms with Gasteiger partial charge in [0.2, 0.25) is 0 Å². The molecule has 0 aromatic rings. The number of hydrogen-bond acceptors (Lipinski definition) is 5. The number of Topliss-reactive ketones (excluding diaryl/α,β-unsaturated/α-hetero) is 1. The number of esters is 1. The van der Waals surface area contributed by atoms with Crippen LogP contribution < -0.4 is 0 Å². The van der Waals surface area contributed by atoms with E-state index in [9.17, 15) is 26.8 Å². The minimum Gasteiger partial charge on any atom is -0.446 e. The maximum Gasteiger partial charge on any atom is 0.465 e. The van der Waals surface area contributed by atoms with E-state index in [0.29, 0.717) is 12.8 Å². The molecule has 2 unspecified atom stereocenters. The molecular formula is C12H14F2O6S. The fourth-order valence-corrected chi connectivity index (χ4v) is 4.43. The third-order valence-corrected chi connectivity index (χ3v) is 5.62. The maximum absolute atomic E-state index is 13.3. The first-order valence-electron chi connectivity index (χ1n) is 6.68. The fraction of sp³-hybridized carbons (Fsp3) is 0.833. The average molecular weight is 324 g/mol. The molecule has 0 aromatic heterocycles. The Kier molecular flexibility index (Phi) is 2.98. The van der Waals surface area contributed by atoms with Crippen molar-refractivity contribution in [1.29, 1.82) is 0 Å². The SMILES string of the molecule is O=C1C2CC3CC(C2)CC1(OC(=O)C(F)(F)S(=O)(=O)O)C3. The zero-order valence-electron chi connectivity index (χ0n) is 10.9. The molecule has 0 saturated heterocycles. The summed E-state index contributed by atoms with van der Waals surface area (Å²) in [4.78, 5) is 23.8. The van der Waals surface area contributed by atoms with Crippen molar-refractivity contribution < 1.29 is 36.1 Å². The van der Waals surface area contributed by atoms with E-state index in [4.69, 9.17) is 4.55 Å². The molecule has 4 fully saturated rings. The van der Waals surface area contributed by atoms with Crippen LogP contribution in [0.15, 0.2) is 0 Å². The van der Waals surface area contributed by atoms with E-state index in [2.05, 4.69) is 4.74 Å². The Morgan fingerprint density at radius 3 is 2.24 bits per heavy atom. The number of halogens is 2. The fourth-order valence-electron chi connectivity index (χ4n) is 4.18.